The molecule has 6 nitrogen and oxygen atoms in total. The van der Waals surface area contributed by atoms with E-state index in [0.717, 1.165) is 12.7 Å². The third-order valence-electron chi connectivity index (χ3n) is 2.73. The highest BCUT2D eigenvalue weighted by atomic mass is 32.2. The summed E-state index contributed by atoms with van der Waals surface area (Å²) >= 11 is 0. The maximum atomic E-state index is 11.6. The number of nitrogens with zero attached hydrogens (tertiary/aromatic N) is 1. The molecule has 0 aliphatic carbocycles. The molecule has 118 valence electrons. The highest BCUT2D eigenvalue weighted by molar-refractivity contribution is 7.90. The van der Waals surface area contributed by atoms with Gasteiger partial charge in [-0.25, -0.2) is 18.2 Å². The Morgan fingerprint density at radius 3 is 2.48 bits per heavy atom. The zero-order valence-electron chi connectivity index (χ0n) is 12.8. The fourth-order valence-corrected chi connectivity index (χ4v) is 2.40. The van der Waals surface area contributed by atoms with Crippen molar-refractivity contribution in [1.82, 2.24) is 10.3 Å². The maximum Gasteiger partial charge on any atom is 0.407 e. The van der Waals surface area contributed by atoms with Crippen molar-refractivity contribution < 1.29 is 17.9 Å². The fraction of sp³-hybridized carbons (Fsp3) is 0.571. The second-order valence-corrected chi connectivity index (χ2v) is 7.44. The molecule has 0 saturated heterocycles. The third kappa shape index (κ3) is 6.57. The van der Waals surface area contributed by atoms with Gasteiger partial charge in [0, 0.05) is 19.0 Å². The number of carbonyl (C=O) groups is 1. The molecule has 0 bridgehead atoms. The van der Waals surface area contributed by atoms with Crippen molar-refractivity contribution in [3.05, 3.63) is 23.9 Å². The van der Waals surface area contributed by atoms with Gasteiger partial charge in [0.2, 0.25) is 0 Å². The Morgan fingerprint density at radius 1 is 1.33 bits per heavy atom. The van der Waals surface area contributed by atoms with Crippen molar-refractivity contribution in [2.75, 3.05) is 6.26 Å². The number of pyridine rings is 1. The molecule has 1 aromatic rings. The first-order valence-corrected chi connectivity index (χ1v) is 8.67. The van der Waals surface area contributed by atoms with E-state index in [1.165, 1.54) is 12.3 Å². The van der Waals surface area contributed by atoms with Gasteiger partial charge in [0.15, 0.2) is 14.9 Å². The van der Waals surface area contributed by atoms with Gasteiger partial charge in [0.1, 0.15) is 6.10 Å². The van der Waals surface area contributed by atoms with Crippen molar-refractivity contribution in [3.63, 3.8) is 0 Å². The monoisotopic (exact) mass is 314 g/mol. The molecule has 1 aromatic heterocycles. The molecule has 1 rings (SSSR count). The van der Waals surface area contributed by atoms with Gasteiger partial charge in [0.25, 0.3) is 0 Å². The van der Waals surface area contributed by atoms with E-state index >= 15 is 0 Å². The predicted molar refractivity (Wildman–Crippen MR) is 79.6 cm³/mol. The zero-order valence-corrected chi connectivity index (χ0v) is 13.6. The number of sulfone groups is 1. The van der Waals surface area contributed by atoms with E-state index < -0.39 is 15.9 Å². The van der Waals surface area contributed by atoms with E-state index in [1.807, 2.05) is 6.92 Å². The summed E-state index contributed by atoms with van der Waals surface area (Å²) < 4.78 is 27.7. The number of hydrogen-bond acceptors (Lipinski definition) is 5. The van der Waals surface area contributed by atoms with Crippen LogP contribution in [0, 0.1) is 5.92 Å². The van der Waals surface area contributed by atoms with E-state index in [1.54, 1.807) is 6.07 Å². The average molecular weight is 314 g/mol. The SMILES string of the molecule is CC(C)CC(C)OC(=O)NCc1ccc(S(C)(=O)=O)nc1. The van der Waals surface area contributed by atoms with Gasteiger partial charge in [-0.05, 0) is 30.9 Å². The Labute approximate surface area is 125 Å². The molecule has 0 aromatic carbocycles. The van der Waals surface area contributed by atoms with Gasteiger partial charge < -0.3 is 10.1 Å². The first-order chi connectivity index (χ1) is 9.68. The molecule has 0 spiro atoms. The van der Waals surface area contributed by atoms with E-state index in [-0.39, 0.29) is 17.7 Å². The second kappa shape index (κ2) is 7.40. The molecule has 7 heteroatoms. The number of alkyl carbamates (subject to hydrolysis) is 1. The van der Waals surface area contributed by atoms with Crippen molar-refractivity contribution in [1.29, 1.82) is 0 Å². The Bertz CT molecular complexity index is 567. The van der Waals surface area contributed by atoms with E-state index in [2.05, 4.69) is 24.1 Å². The molecule has 1 unspecified atom stereocenters. The van der Waals surface area contributed by atoms with Gasteiger partial charge in [-0.15, -0.1) is 0 Å². The lowest BCUT2D eigenvalue weighted by Crippen LogP contribution is -2.28. The molecule has 21 heavy (non-hydrogen) atoms. The number of amides is 1. The number of ether oxygens (including phenoxy) is 1. The summed E-state index contributed by atoms with van der Waals surface area (Å²) in [7, 11) is -3.30. The number of hydrogen-bond donors (Lipinski definition) is 1. The summed E-state index contributed by atoms with van der Waals surface area (Å²) in [6, 6.07) is 3.03. The number of aromatic nitrogens is 1. The van der Waals surface area contributed by atoms with Crippen LogP contribution in [-0.2, 0) is 21.1 Å². The lowest BCUT2D eigenvalue weighted by Gasteiger charge is -2.15. The maximum absolute atomic E-state index is 11.6. The van der Waals surface area contributed by atoms with E-state index in [4.69, 9.17) is 4.74 Å². The molecule has 0 aliphatic rings. The summed E-state index contributed by atoms with van der Waals surface area (Å²) in [5, 5.41) is 2.62. The van der Waals surface area contributed by atoms with Crippen LogP contribution in [0.3, 0.4) is 0 Å². The Balaban J connectivity index is 2.46. The van der Waals surface area contributed by atoms with Gasteiger partial charge in [-0.1, -0.05) is 19.9 Å². The highest BCUT2D eigenvalue weighted by Gasteiger charge is 2.11. The lowest BCUT2D eigenvalue weighted by molar-refractivity contribution is 0.0949. The minimum atomic E-state index is -3.30. The Hall–Kier alpha value is -1.63. The summed E-state index contributed by atoms with van der Waals surface area (Å²) in [4.78, 5) is 15.4. The predicted octanol–water partition coefficient (Wildman–Crippen LogP) is 2.15. The molecule has 1 atom stereocenters. The lowest BCUT2D eigenvalue weighted by atomic mass is 10.1. The minimum absolute atomic E-state index is 0.0133. The van der Waals surface area contributed by atoms with Gasteiger partial charge in [-0.2, -0.15) is 0 Å². The summed E-state index contributed by atoms with van der Waals surface area (Å²) in [6.07, 6.45) is 2.69. The summed E-state index contributed by atoms with van der Waals surface area (Å²) in [5.41, 5.74) is 0.705. The van der Waals surface area contributed by atoms with Crippen LogP contribution in [0.5, 0.6) is 0 Å². The summed E-state index contributed by atoms with van der Waals surface area (Å²) in [5.74, 6) is 0.459. The average Bonchev–Trinajstić information content (AvgIpc) is 2.34. The van der Waals surface area contributed by atoms with Crippen molar-refractivity contribution in [3.8, 4) is 0 Å². The first kappa shape index (κ1) is 17.4. The van der Waals surface area contributed by atoms with Crippen molar-refractivity contribution >= 4 is 15.9 Å². The van der Waals surface area contributed by atoms with Crippen LogP contribution < -0.4 is 5.32 Å². The molecule has 1 amide bonds. The normalized spacial score (nSPS) is 13.0. The largest absolute Gasteiger partial charge is 0.447 e. The smallest absolute Gasteiger partial charge is 0.407 e. The van der Waals surface area contributed by atoms with Crippen molar-refractivity contribution in [2.24, 2.45) is 5.92 Å². The van der Waals surface area contributed by atoms with Crippen LogP contribution in [0.1, 0.15) is 32.8 Å². The molecule has 0 radical (unpaired) electrons. The Morgan fingerprint density at radius 2 is 2.00 bits per heavy atom. The number of rotatable bonds is 6. The summed E-state index contributed by atoms with van der Waals surface area (Å²) in [6.45, 7) is 6.21. The Kier molecular flexibility index (Phi) is 6.14. The highest BCUT2D eigenvalue weighted by Crippen LogP contribution is 2.08. The number of nitrogens with one attached hydrogen (secondary N) is 1. The topological polar surface area (TPSA) is 85.4 Å². The van der Waals surface area contributed by atoms with Crippen molar-refractivity contribution in [2.45, 2.75) is 44.9 Å². The minimum Gasteiger partial charge on any atom is -0.447 e. The van der Waals surface area contributed by atoms with Crippen LogP contribution in [0.25, 0.3) is 0 Å². The standard InChI is InChI=1S/C14H22N2O4S/c1-10(2)7-11(3)20-14(17)16-9-12-5-6-13(15-8-12)21(4,18)19/h5-6,8,10-11H,7,9H2,1-4H3,(H,16,17). The molecule has 1 N–H and O–H groups in total. The van der Waals surface area contributed by atoms with Crippen LogP contribution in [-0.4, -0.2) is 31.9 Å². The number of carbonyl (C=O) groups excluding carboxylic acids is 1. The first-order valence-electron chi connectivity index (χ1n) is 6.78. The molecular formula is C14H22N2O4S. The van der Waals surface area contributed by atoms with Crippen LogP contribution >= 0.6 is 0 Å². The second-order valence-electron chi connectivity index (χ2n) is 5.48. The van der Waals surface area contributed by atoms with Gasteiger partial charge >= 0.3 is 6.09 Å². The molecule has 0 fully saturated rings. The fourth-order valence-electron chi connectivity index (χ4n) is 1.85. The van der Waals surface area contributed by atoms with Gasteiger partial charge in [0.05, 0.1) is 0 Å². The molecule has 1 heterocycles. The van der Waals surface area contributed by atoms with Crippen LogP contribution in [0.15, 0.2) is 23.4 Å². The molecule has 0 saturated carbocycles. The van der Waals surface area contributed by atoms with Crippen LogP contribution in [0.4, 0.5) is 4.79 Å². The quantitative estimate of drug-likeness (QED) is 0.869. The van der Waals surface area contributed by atoms with E-state index in [9.17, 15) is 13.2 Å². The van der Waals surface area contributed by atoms with Gasteiger partial charge in [-0.3, -0.25) is 0 Å². The molecular weight excluding hydrogens is 292 g/mol. The van der Waals surface area contributed by atoms with Crippen LogP contribution in [0.2, 0.25) is 0 Å². The van der Waals surface area contributed by atoms with E-state index in [0.29, 0.717) is 11.5 Å². The zero-order chi connectivity index (χ0) is 16.0. The molecule has 0 aliphatic heterocycles. The third-order valence-corrected chi connectivity index (χ3v) is 3.73.